The number of aliphatic hydroxyl groups is 1. The SMILES string of the molecule is CCCNc1nc(N2CCC(C(C)O)C2)c2cn[nH]c2n1. The van der Waals surface area contributed by atoms with Crippen molar-refractivity contribution in [1.82, 2.24) is 20.2 Å². The van der Waals surface area contributed by atoms with Crippen LogP contribution in [0.25, 0.3) is 11.0 Å². The molecule has 21 heavy (non-hydrogen) atoms. The van der Waals surface area contributed by atoms with Gasteiger partial charge in [0.25, 0.3) is 0 Å². The van der Waals surface area contributed by atoms with Gasteiger partial charge in [-0.25, -0.2) is 0 Å². The quantitative estimate of drug-likeness (QED) is 0.771. The van der Waals surface area contributed by atoms with Gasteiger partial charge in [-0.15, -0.1) is 0 Å². The summed E-state index contributed by atoms with van der Waals surface area (Å²) in [7, 11) is 0. The highest BCUT2D eigenvalue weighted by molar-refractivity contribution is 5.87. The highest BCUT2D eigenvalue weighted by Crippen LogP contribution is 2.29. The minimum Gasteiger partial charge on any atom is -0.393 e. The lowest BCUT2D eigenvalue weighted by molar-refractivity contribution is 0.136. The topological polar surface area (TPSA) is 90.0 Å². The number of hydrogen-bond donors (Lipinski definition) is 3. The molecule has 1 saturated heterocycles. The van der Waals surface area contributed by atoms with Crippen molar-refractivity contribution >= 4 is 22.8 Å². The van der Waals surface area contributed by atoms with Gasteiger partial charge in [0, 0.05) is 25.6 Å². The van der Waals surface area contributed by atoms with Crippen LogP contribution in [0, 0.1) is 5.92 Å². The molecule has 7 nitrogen and oxygen atoms in total. The second kappa shape index (κ2) is 5.85. The van der Waals surface area contributed by atoms with E-state index in [-0.39, 0.29) is 6.10 Å². The van der Waals surface area contributed by atoms with Crippen LogP contribution in [-0.2, 0) is 0 Å². The maximum absolute atomic E-state index is 9.77. The van der Waals surface area contributed by atoms with Gasteiger partial charge in [0.05, 0.1) is 17.7 Å². The van der Waals surface area contributed by atoms with Crippen molar-refractivity contribution in [3.63, 3.8) is 0 Å². The van der Waals surface area contributed by atoms with Crippen LogP contribution >= 0.6 is 0 Å². The monoisotopic (exact) mass is 290 g/mol. The molecule has 0 amide bonds. The summed E-state index contributed by atoms with van der Waals surface area (Å²) >= 11 is 0. The Kier molecular flexibility index (Phi) is 3.92. The molecular formula is C14H22N6O. The van der Waals surface area contributed by atoms with E-state index < -0.39 is 0 Å². The van der Waals surface area contributed by atoms with Gasteiger partial charge in [-0.05, 0) is 19.8 Å². The van der Waals surface area contributed by atoms with Crippen LogP contribution in [0.1, 0.15) is 26.7 Å². The van der Waals surface area contributed by atoms with Crippen LogP contribution in [0.2, 0.25) is 0 Å². The third kappa shape index (κ3) is 2.78. The summed E-state index contributed by atoms with van der Waals surface area (Å²) in [5.41, 5.74) is 0.749. The Bertz CT molecular complexity index is 611. The van der Waals surface area contributed by atoms with Crippen molar-refractivity contribution in [2.45, 2.75) is 32.8 Å². The zero-order valence-electron chi connectivity index (χ0n) is 12.5. The highest BCUT2D eigenvalue weighted by atomic mass is 16.3. The number of nitrogens with one attached hydrogen (secondary N) is 2. The first kappa shape index (κ1) is 14.1. The Labute approximate surface area is 123 Å². The molecule has 1 fully saturated rings. The predicted molar refractivity (Wildman–Crippen MR) is 82.5 cm³/mol. The second-order valence-corrected chi connectivity index (χ2v) is 5.67. The molecule has 114 valence electrons. The average molecular weight is 290 g/mol. The zero-order valence-corrected chi connectivity index (χ0v) is 12.5. The number of aromatic nitrogens is 4. The van der Waals surface area contributed by atoms with Gasteiger partial charge in [-0.2, -0.15) is 15.1 Å². The largest absolute Gasteiger partial charge is 0.393 e. The molecule has 0 aromatic carbocycles. The number of hydrogen-bond acceptors (Lipinski definition) is 6. The zero-order chi connectivity index (χ0) is 14.8. The number of anilines is 2. The van der Waals surface area contributed by atoms with Crippen molar-refractivity contribution in [3.8, 4) is 0 Å². The molecule has 0 bridgehead atoms. The number of fused-ring (bicyclic) bond motifs is 1. The third-order valence-corrected chi connectivity index (χ3v) is 4.03. The van der Waals surface area contributed by atoms with E-state index in [0.29, 0.717) is 11.9 Å². The summed E-state index contributed by atoms with van der Waals surface area (Å²) in [6.45, 7) is 6.53. The number of nitrogens with zero attached hydrogens (tertiary/aromatic N) is 4. The molecular weight excluding hydrogens is 268 g/mol. The van der Waals surface area contributed by atoms with E-state index in [0.717, 1.165) is 49.3 Å². The lowest BCUT2D eigenvalue weighted by atomic mass is 10.0. The maximum atomic E-state index is 9.77. The lowest BCUT2D eigenvalue weighted by Crippen LogP contribution is -2.25. The van der Waals surface area contributed by atoms with Crippen LogP contribution in [0.15, 0.2) is 6.20 Å². The third-order valence-electron chi connectivity index (χ3n) is 4.03. The average Bonchev–Trinajstić information content (AvgIpc) is 3.12. The molecule has 0 aliphatic carbocycles. The van der Waals surface area contributed by atoms with Gasteiger partial charge in [0.2, 0.25) is 5.95 Å². The van der Waals surface area contributed by atoms with Crippen molar-refractivity contribution in [2.24, 2.45) is 5.92 Å². The normalized spacial score (nSPS) is 20.1. The van der Waals surface area contributed by atoms with E-state index in [1.54, 1.807) is 6.20 Å². The Hall–Kier alpha value is -1.89. The van der Waals surface area contributed by atoms with Crippen LogP contribution in [0.5, 0.6) is 0 Å². The molecule has 1 aliphatic rings. The standard InChI is InChI=1S/C14H22N6O/c1-3-5-15-14-17-12-11(7-16-19-12)13(18-14)20-6-4-10(8-20)9(2)21/h7,9-10,21H,3-6,8H2,1-2H3,(H2,15,16,17,18,19). The molecule has 7 heteroatoms. The molecule has 2 aromatic heterocycles. The molecule has 2 unspecified atom stereocenters. The summed E-state index contributed by atoms with van der Waals surface area (Å²) in [6, 6.07) is 0. The second-order valence-electron chi connectivity index (χ2n) is 5.67. The molecule has 3 heterocycles. The number of rotatable bonds is 5. The van der Waals surface area contributed by atoms with E-state index in [1.165, 1.54) is 0 Å². The number of aromatic amines is 1. The lowest BCUT2D eigenvalue weighted by Gasteiger charge is -2.20. The van der Waals surface area contributed by atoms with Gasteiger partial charge in [0.1, 0.15) is 5.82 Å². The summed E-state index contributed by atoms with van der Waals surface area (Å²) in [6.07, 6.45) is 3.49. The fraction of sp³-hybridized carbons (Fsp3) is 0.643. The van der Waals surface area contributed by atoms with Gasteiger partial charge in [-0.1, -0.05) is 6.92 Å². The molecule has 1 aliphatic heterocycles. The first-order valence-corrected chi connectivity index (χ1v) is 7.57. The molecule has 0 saturated carbocycles. The number of H-pyrrole nitrogens is 1. The van der Waals surface area contributed by atoms with Crippen LogP contribution in [0.3, 0.4) is 0 Å². The predicted octanol–water partition coefficient (Wildman–Crippen LogP) is 1.38. The van der Waals surface area contributed by atoms with Crippen LogP contribution in [-0.4, -0.2) is 51.0 Å². The molecule has 0 spiro atoms. The minimum absolute atomic E-state index is 0.283. The molecule has 3 N–H and O–H groups in total. The fourth-order valence-electron chi connectivity index (χ4n) is 2.75. The molecule has 3 rings (SSSR count). The highest BCUT2D eigenvalue weighted by Gasteiger charge is 2.28. The Morgan fingerprint density at radius 2 is 2.38 bits per heavy atom. The smallest absolute Gasteiger partial charge is 0.226 e. The van der Waals surface area contributed by atoms with Crippen LogP contribution in [0.4, 0.5) is 11.8 Å². The van der Waals surface area contributed by atoms with Gasteiger partial charge in [-0.3, -0.25) is 5.10 Å². The molecule has 0 radical (unpaired) electrons. The molecule has 2 aromatic rings. The van der Waals surface area contributed by atoms with Crippen molar-refractivity contribution in [3.05, 3.63) is 6.20 Å². The first-order chi connectivity index (χ1) is 10.2. The summed E-state index contributed by atoms with van der Waals surface area (Å²) in [5, 5.41) is 20.9. The summed E-state index contributed by atoms with van der Waals surface area (Å²) in [5.74, 6) is 1.83. The van der Waals surface area contributed by atoms with E-state index in [4.69, 9.17) is 0 Å². The summed E-state index contributed by atoms with van der Waals surface area (Å²) in [4.78, 5) is 11.3. The fourth-order valence-corrected chi connectivity index (χ4v) is 2.75. The minimum atomic E-state index is -0.283. The van der Waals surface area contributed by atoms with Gasteiger partial charge in [0.15, 0.2) is 5.65 Å². The maximum Gasteiger partial charge on any atom is 0.226 e. The Morgan fingerprint density at radius 3 is 3.10 bits per heavy atom. The van der Waals surface area contributed by atoms with Gasteiger partial charge >= 0.3 is 0 Å². The van der Waals surface area contributed by atoms with Crippen molar-refractivity contribution < 1.29 is 5.11 Å². The molecule has 2 atom stereocenters. The Morgan fingerprint density at radius 1 is 1.52 bits per heavy atom. The van der Waals surface area contributed by atoms with E-state index >= 15 is 0 Å². The van der Waals surface area contributed by atoms with E-state index in [1.807, 2.05) is 6.92 Å². The van der Waals surface area contributed by atoms with Crippen molar-refractivity contribution in [2.75, 3.05) is 29.9 Å². The summed E-state index contributed by atoms with van der Waals surface area (Å²) < 4.78 is 0. The van der Waals surface area contributed by atoms with E-state index in [9.17, 15) is 5.11 Å². The number of aliphatic hydroxyl groups excluding tert-OH is 1. The van der Waals surface area contributed by atoms with E-state index in [2.05, 4.69) is 37.3 Å². The first-order valence-electron chi connectivity index (χ1n) is 7.57. The van der Waals surface area contributed by atoms with Crippen LogP contribution < -0.4 is 10.2 Å². The van der Waals surface area contributed by atoms with Gasteiger partial charge < -0.3 is 15.3 Å². The van der Waals surface area contributed by atoms with Crippen molar-refractivity contribution in [1.29, 1.82) is 0 Å². The Balaban J connectivity index is 1.91.